The van der Waals surface area contributed by atoms with Gasteiger partial charge in [-0.1, -0.05) is 53.5 Å². The van der Waals surface area contributed by atoms with E-state index in [4.69, 9.17) is 39.4 Å². The van der Waals surface area contributed by atoms with E-state index in [2.05, 4.69) is 0 Å². The number of nitrogens with two attached hydrogens (primary N) is 2. The van der Waals surface area contributed by atoms with Crippen LogP contribution in [-0.4, -0.2) is 43.8 Å². The third-order valence-corrected chi connectivity index (χ3v) is 8.09. The van der Waals surface area contributed by atoms with Crippen molar-refractivity contribution in [2.75, 3.05) is 34.8 Å². The van der Waals surface area contributed by atoms with Crippen molar-refractivity contribution in [2.45, 2.75) is 26.9 Å². The molecule has 3 aromatic carbocycles. The van der Waals surface area contributed by atoms with Gasteiger partial charge in [0.15, 0.2) is 0 Å². The smallest absolute Gasteiger partial charge is 0.255 e. The number of para-hydroxylation sites is 1. The van der Waals surface area contributed by atoms with Gasteiger partial charge in [-0.05, 0) is 54.5 Å². The van der Waals surface area contributed by atoms with Gasteiger partial charge in [0.1, 0.15) is 12.4 Å². The molecule has 1 aliphatic rings. The van der Waals surface area contributed by atoms with Crippen LogP contribution < -0.4 is 26.2 Å². The number of fused-ring (bicyclic) bond motifs is 1. The fraction of sp³-hybridized carbons (Fsp3) is 0.212. The van der Waals surface area contributed by atoms with Crippen LogP contribution in [0.1, 0.15) is 30.5 Å². The second kappa shape index (κ2) is 14.5. The molecule has 10 nitrogen and oxygen atoms in total. The number of halogens is 2. The molecule has 4 rings (SSSR count). The van der Waals surface area contributed by atoms with Crippen LogP contribution in [0.3, 0.4) is 0 Å². The highest BCUT2D eigenvalue weighted by molar-refractivity contribution is 6.38. The molecule has 0 spiro atoms. The van der Waals surface area contributed by atoms with Gasteiger partial charge in [0.25, 0.3) is 5.91 Å². The molecular weight excluding hydrogens is 617 g/mol. The van der Waals surface area contributed by atoms with E-state index in [-0.39, 0.29) is 36.5 Å². The van der Waals surface area contributed by atoms with Crippen molar-refractivity contribution in [2.24, 2.45) is 11.5 Å². The monoisotopic (exact) mass is 649 g/mol. The summed E-state index contributed by atoms with van der Waals surface area (Å²) >= 11 is 13.1. The molecule has 45 heavy (non-hydrogen) atoms. The van der Waals surface area contributed by atoms with Crippen LogP contribution >= 0.6 is 23.2 Å². The van der Waals surface area contributed by atoms with Crippen LogP contribution in [0.2, 0.25) is 10.0 Å². The molecule has 0 radical (unpaired) electrons. The van der Waals surface area contributed by atoms with Crippen molar-refractivity contribution in [3.63, 3.8) is 0 Å². The summed E-state index contributed by atoms with van der Waals surface area (Å²) in [5.74, 6) is -1.03. The fourth-order valence-electron chi connectivity index (χ4n) is 4.90. The number of hydrogen-bond acceptors (Lipinski definition) is 7. The predicted molar refractivity (Wildman–Crippen MR) is 177 cm³/mol. The Labute approximate surface area is 271 Å². The van der Waals surface area contributed by atoms with E-state index in [0.29, 0.717) is 45.4 Å². The highest BCUT2D eigenvalue weighted by Gasteiger charge is 2.28. The minimum atomic E-state index is -0.517. The molecule has 3 aromatic rings. The molecule has 4 N–H and O–H groups in total. The Kier molecular flexibility index (Phi) is 10.8. The first kappa shape index (κ1) is 33.4. The number of likely N-dealkylation sites (N-methyl/N-ethyl adjacent to an activating group) is 1. The largest absolute Gasteiger partial charge is 0.491 e. The molecule has 0 fully saturated rings. The zero-order valence-corrected chi connectivity index (χ0v) is 26.6. The molecule has 1 heterocycles. The molecule has 0 unspecified atom stereocenters. The zero-order chi connectivity index (χ0) is 32.8. The molecule has 0 aliphatic carbocycles. The Bertz CT molecular complexity index is 1700. The van der Waals surface area contributed by atoms with Crippen LogP contribution in [-0.2, 0) is 36.9 Å². The fourth-order valence-corrected chi connectivity index (χ4v) is 5.51. The standard InChI is InChI=1S/C33H33Cl2N5O5/c1-20-29(45-19-25-26(34)13-14-28(33(25)35)38(3)31(43)17-36)16-23-6-4-5-7-27(23)39(20)30(42)15-10-22-8-11-24(12-9-22)40(21(2)41)32(44)18-37/h4-15H,16-19,36-37H2,1-3H3. The van der Waals surface area contributed by atoms with E-state index in [0.717, 1.165) is 16.2 Å². The first-order valence-corrected chi connectivity index (χ1v) is 14.7. The summed E-state index contributed by atoms with van der Waals surface area (Å²) in [5.41, 5.74) is 15.2. The van der Waals surface area contributed by atoms with Crippen LogP contribution in [0.4, 0.5) is 17.1 Å². The summed E-state index contributed by atoms with van der Waals surface area (Å²) in [4.78, 5) is 53.8. The van der Waals surface area contributed by atoms with Gasteiger partial charge in [0, 0.05) is 37.1 Å². The van der Waals surface area contributed by atoms with Crippen molar-refractivity contribution in [1.29, 1.82) is 0 Å². The molecular formula is C33H33Cl2N5O5. The SMILES string of the molecule is CC(=O)N(C(=O)CN)c1ccc(C=CC(=O)N2C(C)=C(OCc3c(Cl)ccc(N(C)C(=O)CN)c3Cl)Cc3ccccc32)cc1. The Morgan fingerprint density at radius 1 is 0.956 bits per heavy atom. The Hall–Kier alpha value is -4.48. The molecule has 1 aliphatic heterocycles. The molecule has 0 saturated carbocycles. The van der Waals surface area contributed by atoms with Crippen LogP contribution in [0.15, 0.2) is 78.2 Å². The van der Waals surface area contributed by atoms with E-state index in [9.17, 15) is 19.2 Å². The lowest BCUT2D eigenvalue weighted by Gasteiger charge is -2.31. The number of imide groups is 1. The molecule has 0 saturated heterocycles. The van der Waals surface area contributed by atoms with Gasteiger partial charge in [-0.3, -0.25) is 24.1 Å². The lowest BCUT2D eigenvalue weighted by molar-refractivity contribution is -0.124. The maximum atomic E-state index is 13.6. The summed E-state index contributed by atoms with van der Waals surface area (Å²) in [6, 6.07) is 17.4. The molecule has 12 heteroatoms. The van der Waals surface area contributed by atoms with E-state index < -0.39 is 11.8 Å². The highest BCUT2D eigenvalue weighted by Crippen LogP contribution is 2.37. The first-order valence-electron chi connectivity index (χ1n) is 14.0. The summed E-state index contributed by atoms with van der Waals surface area (Å²) < 4.78 is 6.24. The van der Waals surface area contributed by atoms with Gasteiger partial charge in [-0.2, -0.15) is 0 Å². The van der Waals surface area contributed by atoms with Crippen molar-refractivity contribution in [3.8, 4) is 0 Å². The van der Waals surface area contributed by atoms with Crippen molar-refractivity contribution >= 4 is 70.0 Å². The third kappa shape index (κ3) is 7.26. The predicted octanol–water partition coefficient (Wildman–Crippen LogP) is 4.80. The van der Waals surface area contributed by atoms with Crippen LogP contribution in [0.5, 0.6) is 0 Å². The van der Waals surface area contributed by atoms with E-state index in [1.807, 2.05) is 24.3 Å². The van der Waals surface area contributed by atoms with E-state index >= 15 is 0 Å². The summed E-state index contributed by atoms with van der Waals surface area (Å²) in [6.45, 7) is 2.60. The summed E-state index contributed by atoms with van der Waals surface area (Å²) in [7, 11) is 1.58. The molecule has 0 atom stereocenters. The van der Waals surface area contributed by atoms with Gasteiger partial charge in [-0.15, -0.1) is 0 Å². The summed E-state index contributed by atoms with van der Waals surface area (Å²) in [5, 5.41) is 0.634. The number of hydrogen-bond donors (Lipinski definition) is 2. The maximum absolute atomic E-state index is 13.6. The lowest BCUT2D eigenvalue weighted by atomic mass is 10.0. The van der Waals surface area contributed by atoms with Crippen LogP contribution in [0.25, 0.3) is 6.08 Å². The minimum absolute atomic E-state index is 0.000833. The minimum Gasteiger partial charge on any atom is -0.491 e. The van der Waals surface area contributed by atoms with Crippen LogP contribution in [0, 0.1) is 0 Å². The molecule has 0 bridgehead atoms. The number of allylic oxidation sites excluding steroid dienone is 2. The highest BCUT2D eigenvalue weighted by atomic mass is 35.5. The number of amides is 4. The molecule has 0 aromatic heterocycles. The van der Waals surface area contributed by atoms with Gasteiger partial charge in [0.2, 0.25) is 17.7 Å². The van der Waals surface area contributed by atoms with E-state index in [1.54, 1.807) is 61.3 Å². The Morgan fingerprint density at radius 2 is 1.62 bits per heavy atom. The van der Waals surface area contributed by atoms with Crippen molar-refractivity contribution < 1.29 is 23.9 Å². The van der Waals surface area contributed by atoms with Gasteiger partial charge >= 0.3 is 0 Å². The average Bonchev–Trinajstić information content (AvgIpc) is 3.03. The first-order chi connectivity index (χ1) is 21.5. The topological polar surface area (TPSA) is 139 Å². The number of rotatable bonds is 9. The van der Waals surface area contributed by atoms with Gasteiger partial charge < -0.3 is 21.1 Å². The number of benzene rings is 3. The lowest BCUT2D eigenvalue weighted by Crippen LogP contribution is -2.39. The maximum Gasteiger partial charge on any atom is 0.255 e. The summed E-state index contributed by atoms with van der Waals surface area (Å²) in [6.07, 6.45) is 3.52. The quantitative estimate of drug-likeness (QED) is 0.317. The Morgan fingerprint density at radius 3 is 2.27 bits per heavy atom. The van der Waals surface area contributed by atoms with Gasteiger partial charge in [-0.25, -0.2) is 4.90 Å². The number of ether oxygens (including phenoxy) is 1. The Balaban J connectivity index is 1.59. The second-order valence-electron chi connectivity index (χ2n) is 10.2. The number of carbonyl (C=O) groups is 4. The van der Waals surface area contributed by atoms with Crippen molar-refractivity contribution in [3.05, 3.63) is 105 Å². The molecule has 4 amide bonds. The third-order valence-electron chi connectivity index (χ3n) is 7.32. The number of anilines is 3. The average molecular weight is 651 g/mol. The second-order valence-corrected chi connectivity index (χ2v) is 11.0. The van der Waals surface area contributed by atoms with Gasteiger partial charge in [0.05, 0.1) is 40.9 Å². The number of carbonyl (C=O) groups excluding carboxylic acids is 4. The normalized spacial score (nSPS) is 12.6. The zero-order valence-electron chi connectivity index (χ0n) is 25.1. The molecule has 234 valence electrons. The van der Waals surface area contributed by atoms with E-state index in [1.165, 1.54) is 17.9 Å². The van der Waals surface area contributed by atoms with Crippen molar-refractivity contribution in [1.82, 2.24) is 0 Å². The number of nitrogens with zero attached hydrogens (tertiary/aromatic N) is 3.